The van der Waals surface area contributed by atoms with Crippen LogP contribution >= 0.6 is 0 Å². The minimum atomic E-state index is 0.345. The van der Waals surface area contributed by atoms with E-state index in [0.29, 0.717) is 16.9 Å². The zero-order valence-electron chi connectivity index (χ0n) is 24.6. The highest BCUT2D eigenvalue weighted by atomic mass is 32.1. The summed E-state index contributed by atoms with van der Waals surface area (Å²) in [5.41, 5.74) is 13.2. The van der Waals surface area contributed by atoms with E-state index >= 15 is 0 Å². The Morgan fingerprint density at radius 1 is 0.763 bits per heavy atom. The largest absolute Gasteiger partial charge is 0.752 e. The number of aryl methyl sites for hydroxylation is 6. The number of rotatable bonds is 6. The molecule has 4 aromatic rings. The Bertz CT molecular complexity index is 1390. The molecule has 0 fully saturated rings. The van der Waals surface area contributed by atoms with Crippen LogP contribution in [-0.2, 0) is 12.6 Å². The molecule has 0 unspecified atom stereocenters. The summed E-state index contributed by atoms with van der Waals surface area (Å²) in [5.74, 6) is 1.59. The first kappa shape index (κ1) is 27.8. The Balaban J connectivity index is 2.09. The zero-order valence-corrected chi connectivity index (χ0v) is 25.4. The average molecular weight is 524 g/mol. The standard InChI is InChI=1S/C34H41N3S/c1-20(2)28-12-11-13-29(21(3)4)30(28)35-33(38)34-36(31-24(7)16-22(5)17-25(31)8)14-15-37(34)32-26(9)18-23(6)19-27(32)10/h11-21H,1-10H3. The van der Waals surface area contributed by atoms with Crippen molar-refractivity contribution < 1.29 is 4.57 Å². The van der Waals surface area contributed by atoms with Gasteiger partial charge in [-0.2, -0.15) is 9.13 Å². The molecular formula is C34H41N3S. The van der Waals surface area contributed by atoms with Crippen LogP contribution in [-0.4, -0.2) is 9.61 Å². The van der Waals surface area contributed by atoms with Gasteiger partial charge in [-0.25, -0.2) is 0 Å². The molecule has 0 amide bonds. The lowest BCUT2D eigenvalue weighted by molar-refractivity contribution is -0.596. The number of benzene rings is 3. The van der Waals surface area contributed by atoms with Gasteiger partial charge in [-0.3, -0.25) is 4.99 Å². The van der Waals surface area contributed by atoms with Crippen molar-refractivity contribution in [3.63, 3.8) is 0 Å². The normalized spacial score (nSPS) is 12.2. The van der Waals surface area contributed by atoms with Crippen LogP contribution in [0, 0.1) is 41.5 Å². The Morgan fingerprint density at radius 3 is 1.71 bits per heavy atom. The molecule has 4 rings (SSSR count). The Kier molecular flexibility index (Phi) is 7.94. The quantitative estimate of drug-likeness (QED) is 0.107. The molecule has 3 nitrogen and oxygen atoms in total. The van der Waals surface area contributed by atoms with E-state index in [1.165, 1.54) is 44.5 Å². The molecule has 0 bridgehead atoms. The van der Waals surface area contributed by atoms with Gasteiger partial charge >= 0.3 is 0 Å². The third-order valence-corrected chi connectivity index (χ3v) is 7.59. The van der Waals surface area contributed by atoms with Crippen LogP contribution in [0.1, 0.15) is 89.9 Å². The number of hydrogen-bond acceptors (Lipinski definition) is 2. The number of nitrogens with zero attached hydrogens (tertiary/aromatic N) is 3. The highest BCUT2D eigenvalue weighted by Gasteiger charge is 2.26. The minimum Gasteiger partial charge on any atom is -0.752 e. The number of para-hydroxylation sites is 1. The van der Waals surface area contributed by atoms with E-state index in [2.05, 4.69) is 133 Å². The summed E-state index contributed by atoms with van der Waals surface area (Å²) >= 11 is 6.24. The van der Waals surface area contributed by atoms with Gasteiger partial charge in [-0.15, -0.1) is 0 Å². The second-order valence-corrected chi connectivity index (χ2v) is 11.8. The first-order valence-corrected chi connectivity index (χ1v) is 14.0. The molecule has 38 heavy (non-hydrogen) atoms. The predicted molar refractivity (Wildman–Crippen MR) is 164 cm³/mol. The Labute approximate surface area is 234 Å². The van der Waals surface area contributed by atoms with Gasteiger partial charge < -0.3 is 12.6 Å². The van der Waals surface area contributed by atoms with Gasteiger partial charge in [0, 0.05) is 5.04 Å². The third-order valence-electron chi connectivity index (χ3n) is 7.32. The second kappa shape index (κ2) is 10.9. The molecule has 0 spiro atoms. The van der Waals surface area contributed by atoms with Gasteiger partial charge in [0.2, 0.25) is 0 Å². The summed E-state index contributed by atoms with van der Waals surface area (Å²) in [6.07, 6.45) is 4.27. The highest BCUT2D eigenvalue weighted by molar-refractivity contribution is 7.78. The van der Waals surface area contributed by atoms with Gasteiger partial charge in [0.05, 0.1) is 5.69 Å². The molecule has 0 aliphatic rings. The monoisotopic (exact) mass is 523 g/mol. The van der Waals surface area contributed by atoms with Gasteiger partial charge in [-0.1, -0.05) is 81.3 Å². The number of hydrogen-bond donors (Lipinski definition) is 0. The van der Waals surface area contributed by atoms with Gasteiger partial charge in [0.15, 0.2) is 0 Å². The van der Waals surface area contributed by atoms with Crippen molar-refractivity contribution in [3.8, 4) is 11.4 Å². The topological polar surface area (TPSA) is 21.2 Å². The van der Waals surface area contributed by atoms with Crippen LogP contribution in [0.25, 0.3) is 11.4 Å². The van der Waals surface area contributed by atoms with Crippen molar-refractivity contribution in [3.05, 3.63) is 105 Å². The predicted octanol–water partition coefficient (Wildman–Crippen LogP) is 8.48. The molecule has 0 saturated carbocycles. The van der Waals surface area contributed by atoms with E-state index in [9.17, 15) is 0 Å². The third kappa shape index (κ3) is 5.19. The summed E-state index contributed by atoms with van der Waals surface area (Å²) in [6.45, 7) is 21.9. The highest BCUT2D eigenvalue weighted by Crippen LogP contribution is 2.35. The maximum atomic E-state index is 6.24. The fourth-order valence-corrected chi connectivity index (χ4v) is 6.14. The van der Waals surface area contributed by atoms with Crippen LogP contribution in [0.15, 0.2) is 59.9 Å². The lowest BCUT2D eigenvalue weighted by Gasteiger charge is -2.20. The molecule has 0 N–H and O–H groups in total. The summed E-state index contributed by atoms with van der Waals surface area (Å²) in [7, 11) is 0. The van der Waals surface area contributed by atoms with E-state index in [1.807, 2.05) is 0 Å². The van der Waals surface area contributed by atoms with Gasteiger partial charge in [0.25, 0.3) is 5.82 Å². The Morgan fingerprint density at radius 2 is 1.24 bits per heavy atom. The van der Waals surface area contributed by atoms with Crippen molar-refractivity contribution in [2.45, 2.75) is 81.1 Å². The van der Waals surface area contributed by atoms with E-state index in [0.717, 1.165) is 22.9 Å². The van der Waals surface area contributed by atoms with Crippen molar-refractivity contribution in [1.29, 1.82) is 0 Å². The first-order valence-electron chi connectivity index (χ1n) is 13.6. The smallest absolute Gasteiger partial charge is 0.290 e. The van der Waals surface area contributed by atoms with Crippen molar-refractivity contribution in [2.24, 2.45) is 4.99 Å². The molecular weight excluding hydrogens is 482 g/mol. The van der Waals surface area contributed by atoms with Crippen molar-refractivity contribution in [1.82, 2.24) is 4.57 Å². The Hall–Kier alpha value is -3.24. The number of aromatic nitrogens is 2. The number of aliphatic imine (C=N–C) groups is 1. The molecule has 198 valence electrons. The second-order valence-electron chi connectivity index (χ2n) is 11.4. The van der Waals surface area contributed by atoms with E-state index < -0.39 is 0 Å². The van der Waals surface area contributed by atoms with E-state index in [-0.39, 0.29) is 0 Å². The number of imidazole rings is 1. The minimum absolute atomic E-state index is 0.345. The van der Waals surface area contributed by atoms with Crippen LogP contribution < -0.4 is 4.57 Å². The maximum Gasteiger partial charge on any atom is 0.290 e. The fourth-order valence-electron chi connectivity index (χ4n) is 5.85. The SMILES string of the molecule is Cc1cc(C)c(-n2cc[n+](-c3c(C)cc(C)cc3C)c2C([S-])=Nc2c(C(C)C)cccc2C(C)C)c(C)c1. The summed E-state index contributed by atoms with van der Waals surface area (Å²) in [5, 5.41) is 0.587. The van der Waals surface area contributed by atoms with Gasteiger partial charge in [-0.05, 0) is 86.8 Å². The summed E-state index contributed by atoms with van der Waals surface area (Å²) in [4.78, 5) is 5.26. The first-order chi connectivity index (χ1) is 17.9. The fraction of sp³-hybridized carbons (Fsp3) is 0.353. The molecule has 1 aromatic heterocycles. The molecule has 4 heteroatoms. The summed E-state index contributed by atoms with van der Waals surface area (Å²) < 4.78 is 4.48. The molecule has 0 aliphatic heterocycles. The molecule has 0 atom stereocenters. The maximum absolute atomic E-state index is 6.24. The van der Waals surface area contributed by atoms with Crippen LogP contribution in [0.2, 0.25) is 0 Å². The molecule has 0 saturated heterocycles. The molecule has 0 radical (unpaired) electrons. The van der Waals surface area contributed by atoms with Crippen LogP contribution in [0.3, 0.4) is 0 Å². The van der Waals surface area contributed by atoms with E-state index in [1.54, 1.807) is 0 Å². The molecule has 0 aliphatic carbocycles. The molecule has 1 heterocycles. The van der Waals surface area contributed by atoms with Crippen LogP contribution in [0.4, 0.5) is 5.69 Å². The van der Waals surface area contributed by atoms with Crippen LogP contribution in [0.5, 0.6) is 0 Å². The lowest BCUT2D eigenvalue weighted by atomic mass is 9.93. The summed E-state index contributed by atoms with van der Waals surface area (Å²) in [6, 6.07) is 15.5. The zero-order chi connectivity index (χ0) is 27.9. The molecule has 3 aromatic carbocycles. The van der Waals surface area contributed by atoms with E-state index in [4.69, 9.17) is 17.6 Å². The van der Waals surface area contributed by atoms with Crippen molar-refractivity contribution >= 4 is 23.4 Å². The van der Waals surface area contributed by atoms with Gasteiger partial charge in [0.1, 0.15) is 23.8 Å². The van der Waals surface area contributed by atoms with Crippen molar-refractivity contribution in [2.75, 3.05) is 0 Å². The average Bonchev–Trinajstić information content (AvgIpc) is 3.21. The lowest BCUT2D eigenvalue weighted by Crippen LogP contribution is -2.38.